The van der Waals surface area contributed by atoms with E-state index in [1.54, 1.807) is 6.08 Å². The number of esters is 1. The van der Waals surface area contributed by atoms with Gasteiger partial charge in [0.1, 0.15) is 0 Å². The Morgan fingerprint density at radius 3 is 2.38 bits per heavy atom. The minimum absolute atomic E-state index is 0.269. The van der Waals surface area contributed by atoms with Crippen LogP contribution in [-0.2, 0) is 14.3 Å². The number of carbonyl (C=O) groups excluding carboxylic acids is 2. The quantitative estimate of drug-likeness (QED) is 0.494. The van der Waals surface area contributed by atoms with Gasteiger partial charge in [0.2, 0.25) is 5.60 Å². The minimum atomic E-state index is -1.36. The lowest BCUT2D eigenvalue weighted by Crippen LogP contribution is -2.46. The van der Waals surface area contributed by atoms with Gasteiger partial charge < -0.3 is 10.5 Å². The van der Waals surface area contributed by atoms with Gasteiger partial charge in [-0.25, -0.2) is 0 Å². The molecule has 2 N–H and O–H groups in total. The lowest BCUT2D eigenvalue weighted by molar-refractivity contribution is -0.162. The Balaban J connectivity index is 1.89. The van der Waals surface area contributed by atoms with Crippen molar-refractivity contribution in [3.63, 3.8) is 0 Å². The third kappa shape index (κ3) is 5.58. The number of primary amides is 1. The Kier molecular flexibility index (Phi) is 7.64. The Labute approximate surface area is 156 Å². The van der Waals surface area contributed by atoms with Crippen LogP contribution in [-0.4, -0.2) is 17.5 Å². The fraction of sp³-hybridized carbons (Fsp3) is 0.455. The summed E-state index contributed by atoms with van der Waals surface area (Å²) >= 11 is 0. The molecule has 0 bridgehead atoms. The summed E-state index contributed by atoms with van der Waals surface area (Å²) in [7, 11) is 0. The average molecular weight is 355 g/mol. The number of hydrogen-bond acceptors (Lipinski definition) is 3. The number of amides is 1. The first-order valence-electron chi connectivity index (χ1n) is 9.54. The number of rotatable bonds is 10. The van der Waals surface area contributed by atoms with Crippen molar-refractivity contribution in [3.05, 3.63) is 54.1 Å². The summed E-state index contributed by atoms with van der Waals surface area (Å²) in [6, 6.07) is 9.87. The van der Waals surface area contributed by atoms with Crippen LogP contribution in [0.1, 0.15) is 63.9 Å². The summed E-state index contributed by atoms with van der Waals surface area (Å²) in [6.07, 6.45) is 12.5. The number of nitrogens with two attached hydrogens (primary N) is 1. The van der Waals surface area contributed by atoms with E-state index in [2.05, 4.69) is 6.92 Å². The number of ether oxygens (including phenoxy) is 1. The van der Waals surface area contributed by atoms with Gasteiger partial charge in [-0.15, -0.1) is 0 Å². The maximum absolute atomic E-state index is 12.2. The highest BCUT2D eigenvalue weighted by Crippen LogP contribution is 2.30. The second kappa shape index (κ2) is 9.95. The summed E-state index contributed by atoms with van der Waals surface area (Å²) in [5, 5.41) is 0. The first-order chi connectivity index (χ1) is 12.6. The summed E-state index contributed by atoms with van der Waals surface area (Å²) in [4.78, 5) is 24.1. The third-order valence-corrected chi connectivity index (χ3v) is 4.71. The topological polar surface area (TPSA) is 69.4 Å². The molecule has 0 heterocycles. The normalized spacial score (nSPS) is 19.0. The van der Waals surface area contributed by atoms with Crippen molar-refractivity contribution in [2.45, 2.75) is 63.9 Å². The lowest BCUT2D eigenvalue weighted by Gasteiger charge is -2.29. The monoisotopic (exact) mass is 355 g/mol. The zero-order chi connectivity index (χ0) is 18.8. The van der Waals surface area contributed by atoms with Gasteiger partial charge in [-0.1, -0.05) is 81.5 Å². The lowest BCUT2D eigenvalue weighted by atomic mass is 9.88. The molecule has 2 rings (SSSR count). The second-order valence-corrected chi connectivity index (χ2v) is 6.81. The SMILES string of the molecule is CCCCCCCCC(=O)OC1(C(N)=O)C=CC(c2ccccc2)=CC1. The van der Waals surface area contributed by atoms with Crippen LogP contribution in [0.15, 0.2) is 48.6 Å². The number of carbonyl (C=O) groups is 2. The summed E-state index contributed by atoms with van der Waals surface area (Å²) in [5.74, 6) is -0.992. The van der Waals surface area contributed by atoms with E-state index < -0.39 is 11.5 Å². The van der Waals surface area contributed by atoms with Crippen LogP contribution >= 0.6 is 0 Å². The van der Waals surface area contributed by atoms with E-state index in [0.29, 0.717) is 6.42 Å². The van der Waals surface area contributed by atoms with Gasteiger partial charge in [0.05, 0.1) is 0 Å². The first-order valence-corrected chi connectivity index (χ1v) is 9.54. The van der Waals surface area contributed by atoms with E-state index in [0.717, 1.165) is 30.4 Å². The first kappa shape index (κ1) is 20.0. The van der Waals surface area contributed by atoms with Gasteiger partial charge in [0.15, 0.2) is 0 Å². The molecule has 1 aliphatic rings. The van der Waals surface area contributed by atoms with Crippen LogP contribution in [0.2, 0.25) is 0 Å². The molecule has 0 fully saturated rings. The molecule has 26 heavy (non-hydrogen) atoms. The van der Waals surface area contributed by atoms with Crippen LogP contribution in [0.25, 0.3) is 5.57 Å². The van der Waals surface area contributed by atoms with Crippen molar-refractivity contribution in [2.24, 2.45) is 5.73 Å². The Bertz CT molecular complexity index is 663. The van der Waals surface area contributed by atoms with Crippen molar-refractivity contribution in [1.82, 2.24) is 0 Å². The maximum Gasteiger partial charge on any atom is 0.307 e. The van der Waals surface area contributed by atoms with Gasteiger partial charge in [-0.05, 0) is 23.6 Å². The highest BCUT2D eigenvalue weighted by atomic mass is 16.6. The number of unbranched alkanes of at least 4 members (excludes halogenated alkanes) is 5. The molecule has 0 saturated carbocycles. The van der Waals surface area contributed by atoms with Crippen molar-refractivity contribution in [2.75, 3.05) is 0 Å². The fourth-order valence-electron chi connectivity index (χ4n) is 3.08. The van der Waals surface area contributed by atoms with E-state index in [1.165, 1.54) is 19.3 Å². The van der Waals surface area contributed by atoms with Crippen LogP contribution in [0.3, 0.4) is 0 Å². The van der Waals surface area contributed by atoms with Crippen LogP contribution in [0.4, 0.5) is 0 Å². The van der Waals surface area contributed by atoms with Crippen molar-refractivity contribution < 1.29 is 14.3 Å². The van der Waals surface area contributed by atoms with Crippen molar-refractivity contribution in [1.29, 1.82) is 0 Å². The van der Waals surface area contributed by atoms with Crippen LogP contribution in [0.5, 0.6) is 0 Å². The Morgan fingerprint density at radius 1 is 1.08 bits per heavy atom. The molecule has 0 saturated heterocycles. The number of allylic oxidation sites excluding steroid dienone is 2. The fourth-order valence-corrected chi connectivity index (χ4v) is 3.08. The standard InChI is InChI=1S/C22H29NO3/c1-2-3-4-5-6-10-13-20(24)26-22(21(23)25)16-14-19(15-17-22)18-11-8-7-9-12-18/h7-9,11-12,14-16H,2-6,10,13,17H2,1H3,(H2,23,25). The molecule has 4 heteroatoms. The highest BCUT2D eigenvalue weighted by molar-refractivity contribution is 5.91. The molecule has 140 valence electrons. The van der Waals surface area contributed by atoms with E-state index in [1.807, 2.05) is 42.5 Å². The third-order valence-electron chi connectivity index (χ3n) is 4.71. The summed E-state index contributed by atoms with van der Waals surface area (Å²) in [5.41, 5.74) is 6.23. The molecule has 0 aromatic heterocycles. The molecule has 1 aliphatic carbocycles. The molecule has 0 spiro atoms. The summed E-state index contributed by atoms with van der Waals surface area (Å²) < 4.78 is 5.51. The zero-order valence-electron chi connectivity index (χ0n) is 15.6. The molecule has 0 aliphatic heterocycles. The molecular formula is C22H29NO3. The molecule has 1 atom stereocenters. The smallest absolute Gasteiger partial charge is 0.307 e. The molecule has 0 radical (unpaired) electrons. The zero-order valence-corrected chi connectivity index (χ0v) is 15.6. The predicted octanol–water partition coefficient (Wildman–Crippen LogP) is 4.55. The van der Waals surface area contributed by atoms with Crippen LogP contribution in [0, 0.1) is 0 Å². The van der Waals surface area contributed by atoms with Gasteiger partial charge in [0, 0.05) is 12.8 Å². The Morgan fingerprint density at radius 2 is 1.77 bits per heavy atom. The van der Waals surface area contributed by atoms with E-state index in [-0.39, 0.29) is 12.4 Å². The highest BCUT2D eigenvalue weighted by Gasteiger charge is 2.38. The van der Waals surface area contributed by atoms with Gasteiger partial charge in [0.25, 0.3) is 5.91 Å². The molecule has 1 aromatic carbocycles. The van der Waals surface area contributed by atoms with Gasteiger partial charge in [-0.2, -0.15) is 0 Å². The van der Waals surface area contributed by atoms with Crippen molar-refractivity contribution in [3.8, 4) is 0 Å². The van der Waals surface area contributed by atoms with Gasteiger partial charge >= 0.3 is 5.97 Å². The van der Waals surface area contributed by atoms with Crippen molar-refractivity contribution >= 4 is 17.4 Å². The maximum atomic E-state index is 12.2. The Hall–Kier alpha value is -2.36. The summed E-state index contributed by atoms with van der Waals surface area (Å²) in [6.45, 7) is 2.18. The predicted molar refractivity (Wildman–Crippen MR) is 104 cm³/mol. The molecule has 1 aromatic rings. The number of benzene rings is 1. The van der Waals surface area contributed by atoms with Gasteiger partial charge in [-0.3, -0.25) is 9.59 Å². The largest absolute Gasteiger partial charge is 0.444 e. The average Bonchev–Trinajstić information content (AvgIpc) is 2.65. The second-order valence-electron chi connectivity index (χ2n) is 6.81. The molecular weight excluding hydrogens is 326 g/mol. The van der Waals surface area contributed by atoms with E-state index in [4.69, 9.17) is 10.5 Å². The van der Waals surface area contributed by atoms with E-state index >= 15 is 0 Å². The number of hydrogen-bond donors (Lipinski definition) is 1. The molecule has 4 nitrogen and oxygen atoms in total. The van der Waals surface area contributed by atoms with E-state index in [9.17, 15) is 9.59 Å². The molecule has 1 unspecified atom stereocenters. The molecule has 1 amide bonds. The van der Waals surface area contributed by atoms with Crippen LogP contribution < -0.4 is 5.73 Å². The minimum Gasteiger partial charge on any atom is -0.444 e.